The molecule has 0 spiro atoms. The molecule has 2 saturated heterocycles. The van der Waals surface area contributed by atoms with Crippen LogP contribution in [0.15, 0.2) is 0 Å². The van der Waals surface area contributed by atoms with Crippen LogP contribution in [0, 0.1) is 0 Å². The Balaban J connectivity index is 1.81. The second kappa shape index (κ2) is 4.70. The molecule has 7 nitrogen and oxygen atoms in total. The van der Waals surface area contributed by atoms with Crippen molar-refractivity contribution < 1.29 is 24.2 Å². The summed E-state index contributed by atoms with van der Waals surface area (Å²) in [6.45, 7) is 0.416. The van der Waals surface area contributed by atoms with Gasteiger partial charge in [0.25, 0.3) is 0 Å². The van der Waals surface area contributed by atoms with Gasteiger partial charge in [-0.05, 0) is 12.8 Å². The van der Waals surface area contributed by atoms with Crippen molar-refractivity contribution in [3.05, 3.63) is 0 Å². The smallest absolute Gasteiger partial charge is 0.332 e. The van der Waals surface area contributed by atoms with Crippen molar-refractivity contribution in [3.63, 3.8) is 0 Å². The van der Waals surface area contributed by atoms with Crippen molar-refractivity contribution in [2.24, 2.45) is 0 Å². The van der Waals surface area contributed by atoms with Gasteiger partial charge >= 0.3 is 5.97 Å². The Labute approximate surface area is 97.5 Å². The van der Waals surface area contributed by atoms with Gasteiger partial charge in [0.1, 0.15) is 6.10 Å². The molecular formula is C10H14N2O5. The van der Waals surface area contributed by atoms with Crippen LogP contribution in [0.4, 0.5) is 0 Å². The summed E-state index contributed by atoms with van der Waals surface area (Å²) in [5.41, 5.74) is 0. The molecular weight excluding hydrogens is 228 g/mol. The third-order valence-corrected chi connectivity index (χ3v) is 2.91. The minimum Gasteiger partial charge on any atom is -0.479 e. The molecule has 2 amide bonds. The number of aliphatic carboxylic acids is 1. The maximum absolute atomic E-state index is 11.7. The van der Waals surface area contributed by atoms with Crippen molar-refractivity contribution in [2.75, 3.05) is 6.54 Å². The number of rotatable bonds is 3. The molecule has 0 aromatic rings. The summed E-state index contributed by atoms with van der Waals surface area (Å²) in [7, 11) is 0. The van der Waals surface area contributed by atoms with Crippen LogP contribution in [0.1, 0.15) is 19.3 Å². The molecule has 2 heterocycles. The summed E-state index contributed by atoms with van der Waals surface area (Å²) < 4.78 is 5.10. The molecule has 0 aliphatic carbocycles. The number of carbonyl (C=O) groups excluding carboxylic acids is 2. The standard InChI is InChI=1S/C10H14N2O5/c13-8-3-5(4-11-8)12-9(14)6-1-2-7(17-6)10(15)16/h5-7H,1-4H2,(H,11,13)(H,12,14)(H,15,16). The molecule has 0 bridgehead atoms. The minimum atomic E-state index is -1.04. The van der Waals surface area contributed by atoms with Gasteiger partial charge in [0.15, 0.2) is 6.10 Å². The highest BCUT2D eigenvalue weighted by Gasteiger charge is 2.36. The van der Waals surface area contributed by atoms with Gasteiger partial charge in [-0.1, -0.05) is 0 Å². The predicted octanol–water partition coefficient (Wildman–Crippen LogP) is -1.38. The summed E-state index contributed by atoms with van der Waals surface area (Å²) in [4.78, 5) is 33.3. The first kappa shape index (κ1) is 11.8. The largest absolute Gasteiger partial charge is 0.479 e. The van der Waals surface area contributed by atoms with Crippen LogP contribution >= 0.6 is 0 Å². The Kier molecular flexibility index (Phi) is 3.28. The van der Waals surface area contributed by atoms with Crippen molar-refractivity contribution in [3.8, 4) is 0 Å². The Hall–Kier alpha value is -1.63. The van der Waals surface area contributed by atoms with Crippen LogP contribution in [0.25, 0.3) is 0 Å². The second-order valence-corrected chi connectivity index (χ2v) is 4.24. The van der Waals surface area contributed by atoms with E-state index in [0.717, 1.165) is 0 Å². The number of hydrogen-bond acceptors (Lipinski definition) is 4. The van der Waals surface area contributed by atoms with Crippen LogP contribution < -0.4 is 10.6 Å². The fourth-order valence-corrected chi connectivity index (χ4v) is 2.01. The van der Waals surface area contributed by atoms with Crippen LogP contribution in [0.5, 0.6) is 0 Å². The SMILES string of the molecule is O=C1CC(NC(=O)C2CCC(C(=O)O)O2)CN1. The molecule has 2 aliphatic rings. The lowest BCUT2D eigenvalue weighted by atomic mass is 10.1. The molecule has 2 fully saturated rings. The Morgan fingerprint density at radius 1 is 1.35 bits per heavy atom. The molecule has 3 atom stereocenters. The topological polar surface area (TPSA) is 105 Å². The zero-order chi connectivity index (χ0) is 12.4. The maximum Gasteiger partial charge on any atom is 0.332 e. The van der Waals surface area contributed by atoms with Gasteiger partial charge in [-0.3, -0.25) is 9.59 Å². The Morgan fingerprint density at radius 3 is 2.59 bits per heavy atom. The first-order chi connectivity index (χ1) is 8.06. The number of hydrogen-bond donors (Lipinski definition) is 3. The number of carboxylic acids is 1. The minimum absolute atomic E-state index is 0.0916. The van der Waals surface area contributed by atoms with Crippen molar-refractivity contribution in [1.82, 2.24) is 10.6 Å². The molecule has 3 unspecified atom stereocenters. The summed E-state index contributed by atoms with van der Waals surface area (Å²) in [5, 5.41) is 14.0. The van der Waals surface area contributed by atoms with E-state index in [1.54, 1.807) is 0 Å². The van der Waals surface area contributed by atoms with Gasteiger partial charge in [-0.15, -0.1) is 0 Å². The zero-order valence-electron chi connectivity index (χ0n) is 9.14. The van der Waals surface area contributed by atoms with E-state index < -0.39 is 18.2 Å². The monoisotopic (exact) mass is 242 g/mol. The fraction of sp³-hybridized carbons (Fsp3) is 0.700. The molecule has 2 aliphatic heterocycles. The van der Waals surface area contributed by atoms with E-state index in [4.69, 9.17) is 9.84 Å². The van der Waals surface area contributed by atoms with E-state index in [-0.39, 0.29) is 24.3 Å². The normalized spacial score (nSPS) is 32.2. The number of ether oxygens (including phenoxy) is 1. The van der Waals surface area contributed by atoms with Crippen LogP contribution in [0.3, 0.4) is 0 Å². The summed E-state index contributed by atoms with van der Waals surface area (Å²) in [6, 6.07) is -0.220. The predicted molar refractivity (Wildman–Crippen MR) is 55.1 cm³/mol. The lowest BCUT2D eigenvalue weighted by Crippen LogP contribution is -2.42. The zero-order valence-corrected chi connectivity index (χ0v) is 9.14. The Morgan fingerprint density at radius 2 is 2.06 bits per heavy atom. The van der Waals surface area contributed by atoms with E-state index in [0.29, 0.717) is 19.4 Å². The highest BCUT2D eigenvalue weighted by Crippen LogP contribution is 2.20. The molecule has 0 radical (unpaired) electrons. The highest BCUT2D eigenvalue weighted by molar-refractivity contribution is 5.85. The third-order valence-electron chi connectivity index (χ3n) is 2.91. The van der Waals surface area contributed by atoms with E-state index in [1.165, 1.54) is 0 Å². The van der Waals surface area contributed by atoms with Gasteiger partial charge in [0.05, 0.1) is 6.04 Å². The average Bonchev–Trinajstić information content (AvgIpc) is 2.86. The molecule has 94 valence electrons. The molecule has 7 heteroatoms. The van der Waals surface area contributed by atoms with Crippen LogP contribution in [0.2, 0.25) is 0 Å². The van der Waals surface area contributed by atoms with Gasteiger partial charge in [0, 0.05) is 13.0 Å². The van der Waals surface area contributed by atoms with Gasteiger partial charge < -0.3 is 20.5 Å². The fourth-order valence-electron chi connectivity index (χ4n) is 2.01. The molecule has 0 saturated carbocycles. The first-order valence-electron chi connectivity index (χ1n) is 5.51. The van der Waals surface area contributed by atoms with Crippen molar-refractivity contribution in [2.45, 2.75) is 37.5 Å². The van der Waals surface area contributed by atoms with Crippen LogP contribution in [-0.2, 0) is 19.1 Å². The lowest BCUT2D eigenvalue weighted by Gasteiger charge is -2.15. The quantitative estimate of drug-likeness (QED) is 0.566. The highest BCUT2D eigenvalue weighted by atomic mass is 16.5. The molecule has 17 heavy (non-hydrogen) atoms. The van der Waals surface area contributed by atoms with Crippen molar-refractivity contribution in [1.29, 1.82) is 0 Å². The summed E-state index contributed by atoms with van der Waals surface area (Å²) >= 11 is 0. The maximum atomic E-state index is 11.7. The van der Waals surface area contributed by atoms with Gasteiger partial charge in [0.2, 0.25) is 11.8 Å². The number of carboxylic acid groups (broad SMARTS) is 1. The third kappa shape index (κ3) is 2.73. The average molecular weight is 242 g/mol. The number of amides is 2. The van der Waals surface area contributed by atoms with E-state index in [1.807, 2.05) is 0 Å². The van der Waals surface area contributed by atoms with E-state index in [2.05, 4.69) is 10.6 Å². The van der Waals surface area contributed by atoms with Gasteiger partial charge in [-0.2, -0.15) is 0 Å². The van der Waals surface area contributed by atoms with Crippen LogP contribution in [-0.4, -0.2) is 47.7 Å². The number of carbonyl (C=O) groups is 3. The second-order valence-electron chi connectivity index (χ2n) is 4.24. The molecule has 3 N–H and O–H groups in total. The molecule has 0 aromatic carbocycles. The molecule has 2 rings (SSSR count). The van der Waals surface area contributed by atoms with Crippen molar-refractivity contribution >= 4 is 17.8 Å². The van der Waals surface area contributed by atoms with Gasteiger partial charge in [-0.25, -0.2) is 4.79 Å². The summed E-state index contributed by atoms with van der Waals surface area (Å²) in [6.07, 6.45) is -0.603. The lowest BCUT2D eigenvalue weighted by molar-refractivity contribution is -0.151. The summed E-state index contributed by atoms with van der Waals surface area (Å²) in [5.74, 6) is -1.47. The molecule has 0 aromatic heterocycles. The van der Waals surface area contributed by atoms with E-state index in [9.17, 15) is 14.4 Å². The first-order valence-corrected chi connectivity index (χ1v) is 5.51. The van der Waals surface area contributed by atoms with E-state index >= 15 is 0 Å². The number of nitrogens with one attached hydrogen (secondary N) is 2. The Bertz CT molecular complexity index is 357.